The molecular formula is C25H30N2O6. The SMILES string of the molecule is CC(C)(C)OC(=O)N1CCC(c2ccc3c(c2)OCO3)C(OCc2ccccc2C(N)=O)C1. The molecule has 1 fully saturated rings. The highest BCUT2D eigenvalue weighted by atomic mass is 16.7. The van der Waals surface area contributed by atoms with Crippen LogP contribution in [0.2, 0.25) is 0 Å². The lowest BCUT2D eigenvalue weighted by Crippen LogP contribution is -2.48. The van der Waals surface area contributed by atoms with E-state index in [9.17, 15) is 9.59 Å². The summed E-state index contributed by atoms with van der Waals surface area (Å²) in [6.45, 7) is 6.86. The number of primary amides is 1. The smallest absolute Gasteiger partial charge is 0.410 e. The second-order valence-corrected chi connectivity index (χ2v) is 9.31. The van der Waals surface area contributed by atoms with E-state index in [1.165, 1.54) is 0 Å². The molecule has 8 heteroatoms. The number of nitrogens with zero attached hydrogens (tertiary/aromatic N) is 1. The van der Waals surface area contributed by atoms with Crippen molar-refractivity contribution in [2.45, 2.75) is 51.4 Å². The number of likely N-dealkylation sites (tertiary alicyclic amines) is 1. The van der Waals surface area contributed by atoms with Crippen LogP contribution in [0.5, 0.6) is 11.5 Å². The molecule has 4 rings (SSSR count). The maximum Gasteiger partial charge on any atom is 0.410 e. The number of ether oxygens (including phenoxy) is 4. The highest BCUT2D eigenvalue weighted by Gasteiger charge is 2.36. The highest BCUT2D eigenvalue weighted by molar-refractivity contribution is 5.94. The minimum atomic E-state index is -0.581. The molecule has 176 valence electrons. The zero-order valence-corrected chi connectivity index (χ0v) is 19.2. The summed E-state index contributed by atoms with van der Waals surface area (Å²) in [5, 5.41) is 0. The first-order chi connectivity index (χ1) is 15.7. The number of carbonyl (C=O) groups is 2. The first-order valence-corrected chi connectivity index (χ1v) is 11.1. The molecule has 8 nitrogen and oxygen atoms in total. The van der Waals surface area contributed by atoms with Crippen molar-refractivity contribution in [3.63, 3.8) is 0 Å². The Labute approximate surface area is 193 Å². The molecule has 0 saturated carbocycles. The van der Waals surface area contributed by atoms with Gasteiger partial charge in [0, 0.05) is 18.0 Å². The van der Waals surface area contributed by atoms with E-state index in [2.05, 4.69) is 0 Å². The Kier molecular flexibility index (Phi) is 6.47. The van der Waals surface area contributed by atoms with Gasteiger partial charge in [-0.15, -0.1) is 0 Å². The average molecular weight is 455 g/mol. The summed E-state index contributed by atoms with van der Waals surface area (Å²) in [6, 6.07) is 13.0. The lowest BCUT2D eigenvalue weighted by atomic mass is 9.86. The van der Waals surface area contributed by atoms with Gasteiger partial charge in [0.2, 0.25) is 12.7 Å². The lowest BCUT2D eigenvalue weighted by Gasteiger charge is -2.39. The number of fused-ring (bicyclic) bond motifs is 1. The van der Waals surface area contributed by atoms with Crippen LogP contribution in [0.4, 0.5) is 4.79 Å². The molecule has 2 heterocycles. The Hall–Kier alpha value is -3.26. The van der Waals surface area contributed by atoms with Crippen molar-refractivity contribution in [2.24, 2.45) is 5.73 Å². The maximum absolute atomic E-state index is 12.7. The second kappa shape index (κ2) is 9.31. The fourth-order valence-electron chi connectivity index (χ4n) is 4.19. The number of nitrogens with two attached hydrogens (primary N) is 1. The van der Waals surface area contributed by atoms with Crippen LogP contribution in [-0.4, -0.2) is 48.5 Å². The molecule has 0 radical (unpaired) electrons. The van der Waals surface area contributed by atoms with Crippen molar-refractivity contribution in [2.75, 3.05) is 19.9 Å². The van der Waals surface area contributed by atoms with Gasteiger partial charge in [0.25, 0.3) is 0 Å². The van der Waals surface area contributed by atoms with Crippen LogP contribution in [0.1, 0.15) is 54.6 Å². The fraction of sp³-hybridized carbons (Fsp3) is 0.440. The van der Waals surface area contributed by atoms with Crippen molar-refractivity contribution in [3.8, 4) is 11.5 Å². The molecule has 2 amide bonds. The van der Waals surface area contributed by atoms with Gasteiger partial charge >= 0.3 is 6.09 Å². The van der Waals surface area contributed by atoms with Crippen LogP contribution in [0.25, 0.3) is 0 Å². The van der Waals surface area contributed by atoms with Gasteiger partial charge in [0.15, 0.2) is 11.5 Å². The third-order valence-electron chi connectivity index (χ3n) is 5.77. The van der Waals surface area contributed by atoms with Gasteiger partial charge in [-0.2, -0.15) is 0 Å². The average Bonchev–Trinajstić information content (AvgIpc) is 3.24. The number of hydrogen-bond donors (Lipinski definition) is 1. The van der Waals surface area contributed by atoms with E-state index >= 15 is 0 Å². The highest BCUT2D eigenvalue weighted by Crippen LogP contribution is 2.38. The van der Waals surface area contributed by atoms with E-state index < -0.39 is 11.5 Å². The minimum absolute atomic E-state index is 0.0268. The molecule has 2 N–H and O–H groups in total. The monoisotopic (exact) mass is 454 g/mol. The van der Waals surface area contributed by atoms with Gasteiger partial charge in [-0.25, -0.2) is 4.79 Å². The molecule has 2 aliphatic rings. The van der Waals surface area contributed by atoms with Crippen LogP contribution in [-0.2, 0) is 16.1 Å². The third-order valence-corrected chi connectivity index (χ3v) is 5.77. The van der Waals surface area contributed by atoms with Gasteiger partial charge in [0.05, 0.1) is 19.3 Å². The van der Waals surface area contributed by atoms with Crippen molar-refractivity contribution in [1.82, 2.24) is 4.90 Å². The van der Waals surface area contributed by atoms with Crippen LogP contribution in [0, 0.1) is 0 Å². The Morgan fingerprint density at radius 3 is 2.64 bits per heavy atom. The number of benzene rings is 2. The van der Waals surface area contributed by atoms with Gasteiger partial charge in [-0.1, -0.05) is 24.3 Å². The van der Waals surface area contributed by atoms with Crippen molar-refractivity contribution >= 4 is 12.0 Å². The molecular weight excluding hydrogens is 424 g/mol. The maximum atomic E-state index is 12.7. The van der Waals surface area contributed by atoms with Gasteiger partial charge in [-0.3, -0.25) is 4.79 Å². The topological polar surface area (TPSA) is 100 Å². The molecule has 1 saturated heterocycles. The fourth-order valence-corrected chi connectivity index (χ4v) is 4.19. The van der Waals surface area contributed by atoms with Gasteiger partial charge in [-0.05, 0) is 56.5 Å². The Balaban J connectivity index is 1.55. The molecule has 2 aromatic carbocycles. The quantitative estimate of drug-likeness (QED) is 0.737. The Bertz CT molecular complexity index is 1030. The Morgan fingerprint density at radius 2 is 1.88 bits per heavy atom. The summed E-state index contributed by atoms with van der Waals surface area (Å²) in [6.07, 6.45) is 0.0198. The third kappa shape index (κ3) is 5.39. The number of piperidine rings is 1. The molecule has 0 aliphatic carbocycles. The summed E-state index contributed by atoms with van der Waals surface area (Å²) in [5.41, 5.74) is 7.13. The number of hydrogen-bond acceptors (Lipinski definition) is 6. The molecule has 2 atom stereocenters. The lowest BCUT2D eigenvalue weighted by molar-refractivity contribution is -0.0360. The van der Waals surface area contributed by atoms with E-state index in [1.807, 2.05) is 51.1 Å². The normalized spacial score (nSPS) is 19.9. The van der Waals surface area contributed by atoms with E-state index in [1.54, 1.807) is 17.0 Å². The first-order valence-electron chi connectivity index (χ1n) is 11.1. The summed E-state index contributed by atoms with van der Waals surface area (Å²) < 4.78 is 22.9. The van der Waals surface area contributed by atoms with Crippen LogP contribution in [0.3, 0.4) is 0 Å². The first kappa shape index (κ1) is 22.9. The van der Waals surface area contributed by atoms with Crippen LogP contribution >= 0.6 is 0 Å². The van der Waals surface area contributed by atoms with E-state index in [0.29, 0.717) is 36.4 Å². The molecule has 0 aromatic heterocycles. The molecule has 33 heavy (non-hydrogen) atoms. The molecule has 0 bridgehead atoms. The van der Waals surface area contributed by atoms with Crippen LogP contribution in [0.15, 0.2) is 42.5 Å². The van der Waals surface area contributed by atoms with Gasteiger partial charge in [0.1, 0.15) is 5.60 Å². The largest absolute Gasteiger partial charge is 0.454 e. The summed E-state index contributed by atoms with van der Waals surface area (Å²) >= 11 is 0. The predicted octanol–water partition coefficient (Wildman–Crippen LogP) is 3.82. The zero-order chi connectivity index (χ0) is 23.6. The van der Waals surface area contributed by atoms with E-state index in [4.69, 9.17) is 24.7 Å². The molecule has 2 unspecified atom stereocenters. The predicted molar refractivity (Wildman–Crippen MR) is 121 cm³/mol. The van der Waals surface area contributed by atoms with Crippen molar-refractivity contribution in [3.05, 3.63) is 59.2 Å². The van der Waals surface area contributed by atoms with Gasteiger partial charge < -0.3 is 29.6 Å². The minimum Gasteiger partial charge on any atom is -0.454 e. The van der Waals surface area contributed by atoms with Crippen molar-refractivity contribution < 1.29 is 28.5 Å². The van der Waals surface area contributed by atoms with Crippen LogP contribution < -0.4 is 15.2 Å². The Morgan fingerprint density at radius 1 is 1.12 bits per heavy atom. The number of amides is 2. The van der Waals surface area contributed by atoms with E-state index in [0.717, 1.165) is 11.3 Å². The second-order valence-electron chi connectivity index (χ2n) is 9.31. The standard InChI is InChI=1S/C25H30N2O6/c1-25(2,3)33-24(29)27-11-10-18(16-8-9-20-21(12-16)32-15-31-20)22(13-27)30-14-17-6-4-5-7-19(17)23(26)28/h4-9,12,18,22H,10-11,13-15H2,1-3H3,(H2,26,28). The van der Waals surface area contributed by atoms with Crippen molar-refractivity contribution in [1.29, 1.82) is 0 Å². The summed E-state index contributed by atoms with van der Waals surface area (Å²) in [4.78, 5) is 26.2. The number of carbonyl (C=O) groups excluding carboxylic acids is 2. The summed E-state index contributed by atoms with van der Waals surface area (Å²) in [5.74, 6) is 0.956. The summed E-state index contributed by atoms with van der Waals surface area (Å²) in [7, 11) is 0. The van der Waals surface area contributed by atoms with E-state index in [-0.39, 0.29) is 31.5 Å². The molecule has 2 aliphatic heterocycles. The number of rotatable bonds is 5. The zero-order valence-electron chi connectivity index (χ0n) is 19.2. The molecule has 2 aromatic rings. The molecule has 0 spiro atoms.